The Kier molecular flexibility index (Phi) is 4.42. The molecule has 0 unspecified atom stereocenters. The molecule has 0 aliphatic carbocycles. The quantitative estimate of drug-likeness (QED) is 0.908. The van der Waals surface area contributed by atoms with Crippen LogP contribution in [0.3, 0.4) is 0 Å². The first-order valence-corrected chi connectivity index (χ1v) is 6.61. The van der Waals surface area contributed by atoms with Gasteiger partial charge in [-0.1, -0.05) is 6.07 Å². The van der Waals surface area contributed by atoms with Crippen LogP contribution in [0.4, 0.5) is 0 Å². The highest BCUT2D eigenvalue weighted by Crippen LogP contribution is 2.32. The second kappa shape index (κ2) is 6.26. The Morgan fingerprint density at radius 3 is 2.67 bits per heavy atom. The summed E-state index contributed by atoms with van der Waals surface area (Å²) in [5.74, 6) is -0.0771. The zero-order valence-electron chi connectivity index (χ0n) is 12.2. The van der Waals surface area contributed by atoms with Crippen LogP contribution in [0.5, 0.6) is 17.4 Å². The average molecular weight is 287 g/mol. The van der Waals surface area contributed by atoms with Crippen molar-refractivity contribution in [1.82, 2.24) is 4.98 Å². The highest BCUT2D eigenvalue weighted by molar-refractivity contribution is 5.91. The number of aromatic nitrogens is 1. The molecule has 0 bridgehead atoms. The molecule has 0 saturated heterocycles. The van der Waals surface area contributed by atoms with Crippen LogP contribution in [-0.2, 0) is 0 Å². The molecule has 0 spiro atoms. The lowest BCUT2D eigenvalue weighted by molar-refractivity contribution is 0.0694. The minimum Gasteiger partial charge on any atom is -0.485 e. The molecule has 5 heteroatoms. The smallest absolute Gasteiger partial charge is 0.339 e. The third-order valence-electron chi connectivity index (χ3n) is 2.67. The normalized spacial score (nSPS) is 10.5. The third-order valence-corrected chi connectivity index (χ3v) is 2.67. The van der Waals surface area contributed by atoms with Gasteiger partial charge in [-0.05, 0) is 50.6 Å². The number of ether oxygens (including phenoxy) is 2. The maximum absolute atomic E-state index is 11.3. The molecule has 0 fully saturated rings. The van der Waals surface area contributed by atoms with E-state index in [1.54, 1.807) is 30.5 Å². The summed E-state index contributed by atoms with van der Waals surface area (Å²) >= 11 is 0. The van der Waals surface area contributed by atoms with E-state index in [9.17, 15) is 9.90 Å². The molecule has 5 nitrogen and oxygen atoms in total. The van der Waals surface area contributed by atoms with Crippen LogP contribution >= 0.6 is 0 Å². The van der Waals surface area contributed by atoms with E-state index in [-0.39, 0.29) is 23.3 Å². The van der Waals surface area contributed by atoms with Crippen molar-refractivity contribution in [3.63, 3.8) is 0 Å². The molecule has 0 aliphatic heterocycles. The Balaban J connectivity index is 2.38. The summed E-state index contributed by atoms with van der Waals surface area (Å²) in [5, 5.41) is 9.22. The Hall–Kier alpha value is -2.56. The van der Waals surface area contributed by atoms with E-state index in [1.165, 1.54) is 6.07 Å². The lowest BCUT2D eigenvalue weighted by atomic mass is 10.1. The summed E-state index contributed by atoms with van der Waals surface area (Å²) in [6, 6.07) is 8.37. The molecule has 1 N–H and O–H groups in total. The van der Waals surface area contributed by atoms with Gasteiger partial charge in [-0.15, -0.1) is 0 Å². The summed E-state index contributed by atoms with van der Waals surface area (Å²) in [4.78, 5) is 15.4. The van der Waals surface area contributed by atoms with Gasteiger partial charge in [-0.3, -0.25) is 0 Å². The Morgan fingerprint density at radius 2 is 2.00 bits per heavy atom. The average Bonchev–Trinajstić information content (AvgIpc) is 2.40. The maximum Gasteiger partial charge on any atom is 0.339 e. The fourth-order valence-corrected chi connectivity index (χ4v) is 1.79. The van der Waals surface area contributed by atoms with Crippen molar-refractivity contribution in [3.05, 3.63) is 47.7 Å². The summed E-state index contributed by atoms with van der Waals surface area (Å²) in [6.45, 7) is 5.65. The minimum atomic E-state index is -1.05. The predicted molar refractivity (Wildman–Crippen MR) is 78.2 cm³/mol. The van der Waals surface area contributed by atoms with Crippen LogP contribution in [0, 0.1) is 6.92 Å². The zero-order chi connectivity index (χ0) is 15.4. The molecule has 0 aliphatic rings. The summed E-state index contributed by atoms with van der Waals surface area (Å²) in [7, 11) is 0. The molecule has 1 aromatic carbocycles. The number of carboxylic acid groups (broad SMARTS) is 1. The number of hydrogen-bond donors (Lipinski definition) is 1. The SMILES string of the molecule is Cc1ccc(C(=O)O)c(Oc2ncccc2OC(C)C)c1. The Bertz CT molecular complexity index is 652. The van der Waals surface area contributed by atoms with Crippen LogP contribution in [-0.4, -0.2) is 22.2 Å². The van der Waals surface area contributed by atoms with Crippen LogP contribution in [0.15, 0.2) is 36.5 Å². The van der Waals surface area contributed by atoms with E-state index in [1.807, 2.05) is 20.8 Å². The van der Waals surface area contributed by atoms with Gasteiger partial charge in [0.25, 0.3) is 5.88 Å². The minimum absolute atomic E-state index is 0.0343. The topological polar surface area (TPSA) is 68.7 Å². The van der Waals surface area contributed by atoms with Crippen LogP contribution in [0.25, 0.3) is 0 Å². The number of pyridine rings is 1. The number of hydrogen-bond acceptors (Lipinski definition) is 4. The Morgan fingerprint density at radius 1 is 1.24 bits per heavy atom. The molecule has 1 aromatic heterocycles. The van der Waals surface area contributed by atoms with Gasteiger partial charge in [0.2, 0.25) is 0 Å². The van der Waals surface area contributed by atoms with Gasteiger partial charge < -0.3 is 14.6 Å². The van der Waals surface area contributed by atoms with Crippen LogP contribution in [0.1, 0.15) is 29.8 Å². The standard InChI is InChI=1S/C16H17NO4/c1-10(2)20-13-5-4-8-17-15(13)21-14-9-11(3)6-7-12(14)16(18)19/h4-10H,1-3H3,(H,18,19). The molecule has 0 saturated carbocycles. The predicted octanol–water partition coefficient (Wildman–Crippen LogP) is 3.67. The molecule has 2 rings (SSSR count). The van der Waals surface area contributed by atoms with Crippen molar-refractivity contribution >= 4 is 5.97 Å². The van der Waals surface area contributed by atoms with Gasteiger partial charge in [-0.2, -0.15) is 0 Å². The van der Waals surface area contributed by atoms with E-state index in [0.717, 1.165) is 5.56 Å². The van der Waals surface area contributed by atoms with E-state index < -0.39 is 5.97 Å². The van der Waals surface area contributed by atoms with Gasteiger partial charge in [-0.25, -0.2) is 9.78 Å². The molecule has 110 valence electrons. The van der Waals surface area contributed by atoms with E-state index in [4.69, 9.17) is 9.47 Å². The van der Waals surface area contributed by atoms with Gasteiger partial charge >= 0.3 is 5.97 Å². The Labute approximate surface area is 123 Å². The monoisotopic (exact) mass is 287 g/mol. The first kappa shape index (κ1) is 14.8. The fraction of sp³-hybridized carbons (Fsp3) is 0.250. The number of rotatable bonds is 5. The van der Waals surface area contributed by atoms with Gasteiger partial charge in [0, 0.05) is 6.20 Å². The molecular formula is C16H17NO4. The number of carbonyl (C=O) groups is 1. The number of benzene rings is 1. The summed E-state index contributed by atoms with van der Waals surface area (Å²) in [5.41, 5.74) is 0.985. The number of carboxylic acids is 1. The van der Waals surface area contributed by atoms with Gasteiger partial charge in [0.15, 0.2) is 5.75 Å². The number of nitrogens with zero attached hydrogens (tertiary/aromatic N) is 1. The van der Waals surface area contributed by atoms with E-state index in [2.05, 4.69) is 4.98 Å². The van der Waals surface area contributed by atoms with Crippen LogP contribution in [0.2, 0.25) is 0 Å². The van der Waals surface area contributed by atoms with E-state index in [0.29, 0.717) is 5.75 Å². The molecule has 2 aromatic rings. The molecule has 0 amide bonds. The highest BCUT2D eigenvalue weighted by Gasteiger charge is 2.15. The molecule has 21 heavy (non-hydrogen) atoms. The van der Waals surface area contributed by atoms with Crippen molar-refractivity contribution in [2.75, 3.05) is 0 Å². The largest absolute Gasteiger partial charge is 0.485 e. The lowest BCUT2D eigenvalue weighted by Crippen LogP contribution is -2.07. The molecular weight excluding hydrogens is 270 g/mol. The van der Waals surface area contributed by atoms with Crippen molar-refractivity contribution in [1.29, 1.82) is 0 Å². The molecule has 0 radical (unpaired) electrons. The van der Waals surface area contributed by atoms with Gasteiger partial charge in [0.05, 0.1) is 6.10 Å². The van der Waals surface area contributed by atoms with Crippen molar-refractivity contribution < 1.29 is 19.4 Å². The van der Waals surface area contributed by atoms with Crippen molar-refractivity contribution in [3.8, 4) is 17.4 Å². The van der Waals surface area contributed by atoms with Crippen LogP contribution < -0.4 is 9.47 Å². The second-order valence-corrected chi connectivity index (χ2v) is 4.88. The lowest BCUT2D eigenvalue weighted by Gasteiger charge is -2.14. The maximum atomic E-state index is 11.3. The molecule has 1 heterocycles. The first-order valence-electron chi connectivity index (χ1n) is 6.61. The summed E-state index contributed by atoms with van der Waals surface area (Å²) in [6.07, 6.45) is 1.53. The van der Waals surface area contributed by atoms with Crippen molar-refractivity contribution in [2.24, 2.45) is 0 Å². The number of aryl methyl sites for hydroxylation is 1. The highest BCUT2D eigenvalue weighted by atomic mass is 16.5. The summed E-state index contributed by atoms with van der Waals surface area (Å²) < 4.78 is 11.3. The number of aromatic carboxylic acids is 1. The molecule has 0 atom stereocenters. The van der Waals surface area contributed by atoms with Gasteiger partial charge in [0.1, 0.15) is 11.3 Å². The second-order valence-electron chi connectivity index (χ2n) is 4.88. The third kappa shape index (κ3) is 3.72. The van der Waals surface area contributed by atoms with E-state index >= 15 is 0 Å². The zero-order valence-corrected chi connectivity index (χ0v) is 12.2. The first-order chi connectivity index (χ1) is 9.97. The van der Waals surface area contributed by atoms with Crippen molar-refractivity contribution in [2.45, 2.75) is 26.9 Å². The fourth-order valence-electron chi connectivity index (χ4n) is 1.79.